The highest BCUT2D eigenvalue weighted by Gasteiger charge is 2.29. The number of aliphatic carboxylic acids is 1. The molecule has 0 saturated carbocycles. The highest BCUT2D eigenvalue weighted by molar-refractivity contribution is 5.76. The number of nitrogens with one attached hydrogen (secondary N) is 1. The minimum absolute atomic E-state index is 0.539. The van der Waals surface area contributed by atoms with Gasteiger partial charge in [0.2, 0.25) is 0 Å². The quantitative estimate of drug-likeness (QED) is 0.820. The van der Waals surface area contributed by atoms with Gasteiger partial charge in [0.25, 0.3) is 0 Å². The summed E-state index contributed by atoms with van der Waals surface area (Å²) < 4.78 is 10.7. The molecular formula is C16H19NO4. The first-order chi connectivity index (χ1) is 9.97. The molecule has 2 rings (SSSR count). The van der Waals surface area contributed by atoms with Crippen LogP contribution >= 0.6 is 0 Å². The molecule has 0 aliphatic rings. The largest absolute Gasteiger partial charge is 0.478 e. The lowest BCUT2D eigenvalue weighted by atomic mass is 10.1. The Morgan fingerprint density at radius 3 is 2.52 bits per heavy atom. The maximum atomic E-state index is 11.0. The predicted octanol–water partition coefficient (Wildman–Crippen LogP) is 2.81. The van der Waals surface area contributed by atoms with Gasteiger partial charge in [0.1, 0.15) is 11.5 Å². The first-order valence-electron chi connectivity index (χ1n) is 6.72. The number of rotatable bonds is 7. The lowest BCUT2D eigenvalue weighted by Gasteiger charge is -2.21. The van der Waals surface area contributed by atoms with Gasteiger partial charge in [0.05, 0.1) is 12.8 Å². The van der Waals surface area contributed by atoms with E-state index in [4.69, 9.17) is 14.3 Å². The van der Waals surface area contributed by atoms with E-state index in [1.807, 2.05) is 24.3 Å². The van der Waals surface area contributed by atoms with Gasteiger partial charge in [0.15, 0.2) is 5.60 Å². The first-order valence-corrected chi connectivity index (χ1v) is 6.72. The Balaban J connectivity index is 1.85. The molecule has 0 spiro atoms. The average Bonchev–Trinajstić information content (AvgIpc) is 2.93. The van der Waals surface area contributed by atoms with Crippen molar-refractivity contribution in [2.24, 2.45) is 0 Å². The second-order valence-electron chi connectivity index (χ2n) is 5.24. The van der Waals surface area contributed by atoms with Crippen LogP contribution < -0.4 is 10.1 Å². The second-order valence-corrected chi connectivity index (χ2v) is 5.24. The smallest absolute Gasteiger partial charge is 0.347 e. The van der Waals surface area contributed by atoms with Crippen LogP contribution in [0, 0.1) is 0 Å². The van der Waals surface area contributed by atoms with Crippen LogP contribution in [-0.4, -0.2) is 16.7 Å². The third-order valence-corrected chi connectivity index (χ3v) is 3.02. The molecule has 2 N–H and O–H groups in total. The molecule has 5 nitrogen and oxygen atoms in total. The summed E-state index contributed by atoms with van der Waals surface area (Å²) in [6, 6.07) is 11.1. The van der Waals surface area contributed by atoms with Crippen LogP contribution in [0.25, 0.3) is 0 Å². The van der Waals surface area contributed by atoms with E-state index in [-0.39, 0.29) is 0 Å². The number of carboxylic acid groups (broad SMARTS) is 1. The average molecular weight is 289 g/mol. The highest BCUT2D eigenvalue weighted by Crippen LogP contribution is 2.19. The summed E-state index contributed by atoms with van der Waals surface area (Å²) in [6.45, 7) is 4.41. The van der Waals surface area contributed by atoms with E-state index in [1.165, 1.54) is 13.8 Å². The Hall–Kier alpha value is -2.27. The zero-order valence-electron chi connectivity index (χ0n) is 12.1. The van der Waals surface area contributed by atoms with Gasteiger partial charge >= 0.3 is 5.97 Å². The fraction of sp³-hybridized carbons (Fsp3) is 0.312. The predicted molar refractivity (Wildman–Crippen MR) is 78.0 cm³/mol. The van der Waals surface area contributed by atoms with Crippen molar-refractivity contribution in [3.05, 3.63) is 54.0 Å². The van der Waals surface area contributed by atoms with Crippen molar-refractivity contribution in [3.63, 3.8) is 0 Å². The first kappa shape index (κ1) is 15.1. The number of furan rings is 1. The van der Waals surface area contributed by atoms with Gasteiger partial charge in [-0.15, -0.1) is 0 Å². The molecule has 0 unspecified atom stereocenters. The Morgan fingerprint density at radius 2 is 1.95 bits per heavy atom. The number of hydrogen-bond donors (Lipinski definition) is 2. The third-order valence-electron chi connectivity index (χ3n) is 3.02. The molecule has 0 aliphatic carbocycles. The van der Waals surface area contributed by atoms with Gasteiger partial charge in [-0.05, 0) is 43.7 Å². The number of ether oxygens (including phenoxy) is 1. The van der Waals surface area contributed by atoms with Gasteiger partial charge in [-0.25, -0.2) is 4.79 Å². The molecule has 0 saturated heterocycles. The van der Waals surface area contributed by atoms with E-state index in [1.54, 1.807) is 18.4 Å². The van der Waals surface area contributed by atoms with Gasteiger partial charge in [-0.3, -0.25) is 0 Å². The SMILES string of the molecule is CC(C)(Oc1ccc(CNCc2ccco2)cc1)C(=O)O. The molecule has 0 aliphatic heterocycles. The standard InChI is InChI=1S/C16H19NO4/c1-16(2,15(18)19)21-13-7-5-12(6-8-13)10-17-11-14-4-3-9-20-14/h3-9,17H,10-11H2,1-2H3,(H,18,19). The van der Waals surface area contributed by atoms with Crippen molar-refractivity contribution in [3.8, 4) is 5.75 Å². The third kappa shape index (κ3) is 4.36. The molecule has 0 atom stereocenters. The fourth-order valence-corrected chi connectivity index (χ4v) is 1.76. The highest BCUT2D eigenvalue weighted by atomic mass is 16.5. The molecule has 2 aromatic rings. The number of carbonyl (C=O) groups is 1. The number of benzene rings is 1. The molecule has 5 heteroatoms. The zero-order valence-corrected chi connectivity index (χ0v) is 12.1. The molecular weight excluding hydrogens is 270 g/mol. The summed E-state index contributed by atoms with van der Waals surface area (Å²) in [5.41, 5.74) is -0.152. The molecule has 1 heterocycles. The minimum Gasteiger partial charge on any atom is -0.478 e. The van der Waals surface area contributed by atoms with Crippen LogP contribution in [0.5, 0.6) is 5.75 Å². The summed E-state index contributed by atoms with van der Waals surface area (Å²) in [4.78, 5) is 11.0. The van der Waals surface area contributed by atoms with E-state index < -0.39 is 11.6 Å². The normalized spacial score (nSPS) is 11.3. The van der Waals surface area contributed by atoms with Crippen LogP contribution in [0.2, 0.25) is 0 Å². The van der Waals surface area contributed by atoms with E-state index in [0.29, 0.717) is 18.8 Å². The fourth-order valence-electron chi connectivity index (χ4n) is 1.76. The van der Waals surface area contributed by atoms with E-state index in [0.717, 1.165) is 11.3 Å². The van der Waals surface area contributed by atoms with Crippen molar-refractivity contribution in [1.82, 2.24) is 5.32 Å². The summed E-state index contributed by atoms with van der Waals surface area (Å²) in [7, 11) is 0. The minimum atomic E-state index is -1.24. The van der Waals surface area contributed by atoms with Crippen molar-refractivity contribution in [2.75, 3.05) is 0 Å². The molecule has 0 bridgehead atoms. The Morgan fingerprint density at radius 1 is 1.24 bits per heavy atom. The Bertz CT molecular complexity index is 573. The van der Waals surface area contributed by atoms with Gasteiger partial charge in [0, 0.05) is 6.54 Å². The molecule has 21 heavy (non-hydrogen) atoms. The maximum Gasteiger partial charge on any atom is 0.347 e. The molecule has 112 valence electrons. The summed E-state index contributed by atoms with van der Waals surface area (Å²) in [5, 5.41) is 12.3. The second kappa shape index (κ2) is 6.45. The van der Waals surface area contributed by atoms with Gasteiger partial charge in [-0.2, -0.15) is 0 Å². The van der Waals surface area contributed by atoms with Gasteiger partial charge in [-0.1, -0.05) is 12.1 Å². The molecule has 0 fully saturated rings. The summed E-state index contributed by atoms with van der Waals surface area (Å²) in [5.74, 6) is 0.432. The van der Waals surface area contributed by atoms with Crippen molar-refractivity contribution >= 4 is 5.97 Å². The van der Waals surface area contributed by atoms with Crippen molar-refractivity contribution in [2.45, 2.75) is 32.5 Å². The number of carboxylic acids is 1. The van der Waals surface area contributed by atoms with E-state index >= 15 is 0 Å². The van der Waals surface area contributed by atoms with Crippen LogP contribution in [0.4, 0.5) is 0 Å². The van der Waals surface area contributed by atoms with Crippen LogP contribution in [0.3, 0.4) is 0 Å². The molecule has 1 aromatic heterocycles. The van der Waals surface area contributed by atoms with Gasteiger partial charge < -0.3 is 19.6 Å². The van der Waals surface area contributed by atoms with E-state index in [2.05, 4.69) is 5.32 Å². The summed E-state index contributed by atoms with van der Waals surface area (Å²) in [6.07, 6.45) is 1.65. The van der Waals surface area contributed by atoms with Crippen LogP contribution in [-0.2, 0) is 17.9 Å². The Labute approximate surface area is 123 Å². The topological polar surface area (TPSA) is 71.7 Å². The number of hydrogen-bond acceptors (Lipinski definition) is 4. The van der Waals surface area contributed by atoms with E-state index in [9.17, 15) is 4.79 Å². The zero-order chi connectivity index (χ0) is 15.3. The molecule has 0 amide bonds. The van der Waals surface area contributed by atoms with Crippen molar-refractivity contribution in [1.29, 1.82) is 0 Å². The Kier molecular flexibility index (Phi) is 4.65. The molecule has 1 aromatic carbocycles. The lowest BCUT2D eigenvalue weighted by molar-refractivity contribution is -0.152. The summed E-state index contributed by atoms with van der Waals surface area (Å²) >= 11 is 0. The van der Waals surface area contributed by atoms with Crippen molar-refractivity contribution < 1.29 is 19.1 Å². The van der Waals surface area contributed by atoms with Crippen LogP contribution in [0.1, 0.15) is 25.2 Å². The maximum absolute atomic E-state index is 11.0. The monoisotopic (exact) mass is 289 g/mol. The molecule has 0 radical (unpaired) electrons. The lowest BCUT2D eigenvalue weighted by Crippen LogP contribution is -2.37. The van der Waals surface area contributed by atoms with Crippen LogP contribution in [0.15, 0.2) is 47.1 Å².